The van der Waals surface area contributed by atoms with Crippen molar-refractivity contribution in [2.45, 2.75) is 18.9 Å². The number of rotatable bonds is 5. The molecule has 0 saturated carbocycles. The van der Waals surface area contributed by atoms with Crippen molar-refractivity contribution in [3.8, 4) is 18.1 Å². The van der Waals surface area contributed by atoms with Crippen LogP contribution in [0.2, 0.25) is 0 Å². The number of fused-ring (bicyclic) bond motifs is 1. The minimum atomic E-state index is -0.293. The zero-order valence-corrected chi connectivity index (χ0v) is 16.6. The highest BCUT2D eigenvalue weighted by Crippen LogP contribution is 2.39. The summed E-state index contributed by atoms with van der Waals surface area (Å²) in [5.41, 5.74) is 4.17. The van der Waals surface area contributed by atoms with Crippen LogP contribution in [0.5, 0.6) is 5.75 Å². The molecule has 1 amide bonds. The Bertz CT molecular complexity index is 1030. The van der Waals surface area contributed by atoms with Gasteiger partial charge >= 0.3 is 0 Å². The Morgan fingerprint density at radius 1 is 1.33 bits per heavy atom. The number of hydrogen-bond acceptors (Lipinski definition) is 5. The lowest BCUT2D eigenvalue weighted by molar-refractivity contribution is -0.111. The van der Waals surface area contributed by atoms with Gasteiger partial charge in [0.05, 0.1) is 24.6 Å². The summed E-state index contributed by atoms with van der Waals surface area (Å²) in [5.74, 6) is 3.00. The number of nitrogens with zero attached hydrogens (tertiary/aromatic N) is 2. The maximum Gasteiger partial charge on any atom is 0.247 e. The molecule has 152 valence electrons. The first-order chi connectivity index (χ1) is 14.7. The minimum Gasteiger partial charge on any atom is -0.488 e. The van der Waals surface area contributed by atoms with Crippen LogP contribution in [0.1, 0.15) is 24.0 Å². The fourth-order valence-corrected chi connectivity index (χ4v) is 3.56. The molecule has 6 nitrogen and oxygen atoms in total. The number of terminal acetylenes is 1. The van der Waals surface area contributed by atoms with Crippen LogP contribution in [0.15, 0.2) is 54.0 Å². The van der Waals surface area contributed by atoms with E-state index in [4.69, 9.17) is 15.9 Å². The summed E-state index contributed by atoms with van der Waals surface area (Å²) in [5, 5.41) is 2.85. The van der Waals surface area contributed by atoms with Crippen molar-refractivity contribution in [3.63, 3.8) is 0 Å². The summed E-state index contributed by atoms with van der Waals surface area (Å²) in [6, 6.07) is 11.6. The zero-order chi connectivity index (χ0) is 20.9. The predicted octanol–water partition coefficient (Wildman–Crippen LogP) is 3.88. The molecule has 0 aromatic heterocycles. The summed E-state index contributed by atoms with van der Waals surface area (Å²) >= 11 is 0. The Kier molecular flexibility index (Phi) is 5.82. The van der Waals surface area contributed by atoms with Gasteiger partial charge in [-0.3, -0.25) is 9.79 Å². The van der Waals surface area contributed by atoms with E-state index in [9.17, 15) is 4.79 Å². The highest BCUT2D eigenvalue weighted by Gasteiger charge is 2.23. The van der Waals surface area contributed by atoms with E-state index < -0.39 is 0 Å². The molecule has 1 N–H and O–H groups in total. The Balaban J connectivity index is 1.74. The molecular weight excluding hydrogens is 378 g/mol. The van der Waals surface area contributed by atoms with Gasteiger partial charge in [0.25, 0.3) is 0 Å². The molecule has 2 aromatic rings. The quantitative estimate of drug-likeness (QED) is 0.610. The van der Waals surface area contributed by atoms with E-state index >= 15 is 0 Å². The van der Waals surface area contributed by atoms with Crippen LogP contribution < -0.4 is 15.0 Å². The molecule has 2 aromatic carbocycles. The molecule has 6 heteroatoms. The van der Waals surface area contributed by atoms with Gasteiger partial charge in [-0.2, -0.15) is 0 Å². The first kappa shape index (κ1) is 19.7. The van der Waals surface area contributed by atoms with Crippen LogP contribution in [-0.2, 0) is 9.53 Å². The van der Waals surface area contributed by atoms with Crippen molar-refractivity contribution >= 4 is 29.2 Å². The summed E-state index contributed by atoms with van der Waals surface area (Å²) < 4.78 is 11.7. The number of anilines is 3. The molecule has 4 rings (SSSR count). The van der Waals surface area contributed by atoms with Crippen molar-refractivity contribution in [2.24, 2.45) is 4.99 Å². The monoisotopic (exact) mass is 401 g/mol. The molecule has 0 unspecified atom stereocenters. The van der Waals surface area contributed by atoms with E-state index in [0.29, 0.717) is 31.3 Å². The number of nitrogens with one attached hydrogen (secondary N) is 1. The Morgan fingerprint density at radius 2 is 2.17 bits per heavy atom. The van der Waals surface area contributed by atoms with Crippen LogP contribution in [0, 0.1) is 12.3 Å². The number of aliphatic imine (C=N–C) groups is 1. The summed E-state index contributed by atoms with van der Waals surface area (Å²) in [6.45, 7) is 5.34. The highest BCUT2D eigenvalue weighted by molar-refractivity contribution is 6.02. The normalized spacial score (nSPS) is 15.8. The number of carbonyl (C=O) groups excluding carboxylic acids is 1. The van der Waals surface area contributed by atoms with Gasteiger partial charge < -0.3 is 19.7 Å². The maximum absolute atomic E-state index is 12.0. The molecule has 0 bridgehead atoms. The van der Waals surface area contributed by atoms with E-state index in [0.717, 1.165) is 35.3 Å². The standard InChI is InChI=1S/C24H23N3O3/c1-3-17-6-5-7-19(12-17)27-16-25-15-18-13-21(26-24(28)4-2)23(14-22(18)27)30-20-8-10-29-11-9-20/h1,4-7,12-15,20H,2,8-11,16H2,(H,26,28). The van der Waals surface area contributed by atoms with Gasteiger partial charge in [0, 0.05) is 41.9 Å². The van der Waals surface area contributed by atoms with Crippen LogP contribution in [-0.4, -0.2) is 38.1 Å². The van der Waals surface area contributed by atoms with Crippen molar-refractivity contribution < 1.29 is 14.3 Å². The van der Waals surface area contributed by atoms with Crippen LogP contribution in [0.3, 0.4) is 0 Å². The van der Waals surface area contributed by atoms with Gasteiger partial charge in [0.15, 0.2) is 0 Å². The number of benzene rings is 2. The Morgan fingerprint density at radius 3 is 2.93 bits per heavy atom. The molecule has 30 heavy (non-hydrogen) atoms. The largest absolute Gasteiger partial charge is 0.488 e. The molecule has 1 fully saturated rings. The molecule has 0 radical (unpaired) electrons. The third-order valence-electron chi connectivity index (χ3n) is 5.10. The molecule has 2 heterocycles. The third-order valence-corrected chi connectivity index (χ3v) is 5.10. The fourth-order valence-electron chi connectivity index (χ4n) is 3.56. The van der Waals surface area contributed by atoms with Gasteiger partial charge in [-0.1, -0.05) is 18.6 Å². The summed E-state index contributed by atoms with van der Waals surface area (Å²) in [7, 11) is 0. The van der Waals surface area contributed by atoms with E-state index in [2.05, 4.69) is 27.7 Å². The fraction of sp³-hybridized carbons (Fsp3) is 0.250. The van der Waals surface area contributed by atoms with Crippen molar-refractivity contribution in [1.82, 2.24) is 0 Å². The first-order valence-corrected chi connectivity index (χ1v) is 9.88. The Labute approximate surface area is 176 Å². The number of hydrogen-bond donors (Lipinski definition) is 1. The first-order valence-electron chi connectivity index (χ1n) is 9.88. The smallest absolute Gasteiger partial charge is 0.247 e. The van der Waals surface area contributed by atoms with Crippen LogP contribution in [0.25, 0.3) is 0 Å². The number of ether oxygens (including phenoxy) is 2. The molecule has 0 aliphatic carbocycles. The van der Waals surface area contributed by atoms with Gasteiger partial charge in [0.2, 0.25) is 5.91 Å². The average Bonchev–Trinajstić information content (AvgIpc) is 2.79. The molecular formula is C24H23N3O3. The van der Waals surface area contributed by atoms with Gasteiger partial charge in [0.1, 0.15) is 18.5 Å². The predicted molar refractivity (Wildman–Crippen MR) is 119 cm³/mol. The molecule has 0 atom stereocenters. The van der Waals surface area contributed by atoms with Crippen molar-refractivity contribution in [3.05, 3.63) is 60.2 Å². The lowest BCUT2D eigenvalue weighted by Gasteiger charge is -2.30. The molecule has 0 spiro atoms. The zero-order valence-electron chi connectivity index (χ0n) is 16.6. The van der Waals surface area contributed by atoms with Crippen LogP contribution >= 0.6 is 0 Å². The average molecular weight is 401 g/mol. The molecule has 2 aliphatic rings. The lowest BCUT2D eigenvalue weighted by Crippen LogP contribution is -2.27. The molecule has 2 aliphatic heterocycles. The SMILES string of the molecule is C#Cc1cccc(N2CN=Cc3cc(NC(=O)C=C)c(OC4CCOCC4)cc32)c1. The summed E-state index contributed by atoms with van der Waals surface area (Å²) in [4.78, 5) is 18.5. The summed E-state index contributed by atoms with van der Waals surface area (Å²) in [6.07, 6.45) is 10.3. The highest BCUT2D eigenvalue weighted by atomic mass is 16.5. The van der Waals surface area contributed by atoms with E-state index in [1.165, 1.54) is 6.08 Å². The second kappa shape index (κ2) is 8.85. The van der Waals surface area contributed by atoms with Gasteiger partial charge in [-0.15, -0.1) is 6.42 Å². The van der Waals surface area contributed by atoms with Gasteiger partial charge in [-0.25, -0.2) is 0 Å². The number of carbonyl (C=O) groups is 1. The van der Waals surface area contributed by atoms with Crippen molar-refractivity contribution in [2.75, 3.05) is 30.1 Å². The number of amides is 1. The van der Waals surface area contributed by atoms with Crippen LogP contribution in [0.4, 0.5) is 17.1 Å². The van der Waals surface area contributed by atoms with E-state index in [1.54, 1.807) is 6.21 Å². The van der Waals surface area contributed by atoms with Crippen molar-refractivity contribution in [1.29, 1.82) is 0 Å². The third kappa shape index (κ3) is 4.22. The maximum atomic E-state index is 12.0. The lowest BCUT2D eigenvalue weighted by atomic mass is 10.1. The minimum absolute atomic E-state index is 0.0339. The topological polar surface area (TPSA) is 63.2 Å². The second-order valence-electron chi connectivity index (χ2n) is 7.11. The second-order valence-corrected chi connectivity index (χ2v) is 7.11. The molecule has 1 saturated heterocycles. The van der Waals surface area contributed by atoms with Gasteiger partial charge in [-0.05, 0) is 30.3 Å². The Hall–Kier alpha value is -3.56. The van der Waals surface area contributed by atoms with E-state index in [-0.39, 0.29) is 12.0 Å². The van der Waals surface area contributed by atoms with E-state index in [1.807, 2.05) is 36.4 Å².